The molecule has 0 spiro atoms. The molecule has 1 aromatic carbocycles. The second kappa shape index (κ2) is 11.4. The first-order valence-electron chi connectivity index (χ1n) is 12.9. The maximum absolute atomic E-state index is 12.8. The van der Waals surface area contributed by atoms with Crippen LogP contribution >= 0.6 is 0 Å². The van der Waals surface area contributed by atoms with Crippen molar-refractivity contribution < 1.29 is 4.79 Å². The molecule has 2 fully saturated rings. The van der Waals surface area contributed by atoms with Gasteiger partial charge in [0.05, 0.1) is 6.04 Å². The first-order chi connectivity index (χ1) is 18.5. The van der Waals surface area contributed by atoms with Crippen LogP contribution in [0.5, 0.6) is 0 Å². The van der Waals surface area contributed by atoms with Crippen LogP contribution in [0.3, 0.4) is 0 Å². The van der Waals surface area contributed by atoms with Crippen LogP contribution < -0.4 is 26.4 Å². The summed E-state index contributed by atoms with van der Waals surface area (Å²) in [6.07, 6.45) is 6.02. The van der Waals surface area contributed by atoms with Crippen molar-refractivity contribution in [2.75, 3.05) is 55.3 Å². The molecule has 3 aromatic rings. The van der Waals surface area contributed by atoms with E-state index in [1.165, 1.54) is 22.6 Å². The molecule has 2 aromatic heterocycles. The Labute approximate surface area is 221 Å². The van der Waals surface area contributed by atoms with Gasteiger partial charge in [-0.05, 0) is 56.6 Å². The zero-order valence-electron chi connectivity index (χ0n) is 21.6. The van der Waals surface area contributed by atoms with Crippen molar-refractivity contribution in [2.24, 2.45) is 0 Å². The number of anilines is 5. The van der Waals surface area contributed by atoms with Gasteiger partial charge in [0.2, 0.25) is 5.95 Å². The molecular formula is C27H33N9O2. The van der Waals surface area contributed by atoms with Crippen LogP contribution in [0.25, 0.3) is 0 Å². The lowest BCUT2D eigenvalue weighted by Gasteiger charge is -2.34. The minimum absolute atomic E-state index is 0.107. The largest absolute Gasteiger partial charge is 0.369 e. The monoisotopic (exact) mass is 515 g/mol. The number of nitrogens with zero attached hydrogens (tertiary/aromatic N) is 6. The van der Waals surface area contributed by atoms with E-state index in [4.69, 9.17) is 0 Å². The number of hydrogen-bond donors (Lipinski definition) is 3. The number of aromatic nitrogens is 4. The first kappa shape index (κ1) is 25.4. The summed E-state index contributed by atoms with van der Waals surface area (Å²) in [4.78, 5) is 38.7. The molecule has 11 heteroatoms. The summed E-state index contributed by atoms with van der Waals surface area (Å²) in [5.74, 6) is 0.690. The SMILES string of the molecule is C=CCNC(=O)c1cnc(Nc2ccc(N3CCN(C)CC3)cc2)nc1Nc1ccc(=O)n(C2CCC2)n1. The molecule has 1 saturated carbocycles. The maximum atomic E-state index is 12.8. The molecule has 198 valence electrons. The topological polar surface area (TPSA) is 120 Å². The Morgan fingerprint density at radius 3 is 2.53 bits per heavy atom. The van der Waals surface area contributed by atoms with Crippen molar-refractivity contribution in [3.63, 3.8) is 0 Å². The minimum atomic E-state index is -0.345. The Bertz CT molecular complexity index is 1340. The smallest absolute Gasteiger partial charge is 0.267 e. The Kier molecular flexibility index (Phi) is 7.64. The highest BCUT2D eigenvalue weighted by Crippen LogP contribution is 2.30. The van der Waals surface area contributed by atoms with E-state index in [9.17, 15) is 9.59 Å². The fourth-order valence-corrected chi connectivity index (χ4v) is 4.42. The number of hydrogen-bond acceptors (Lipinski definition) is 9. The molecule has 1 aliphatic carbocycles. The average Bonchev–Trinajstić information content (AvgIpc) is 2.89. The number of amides is 1. The molecule has 1 aliphatic heterocycles. The molecule has 0 unspecified atom stereocenters. The minimum Gasteiger partial charge on any atom is -0.369 e. The summed E-state index contributed by atoms with van der Waals surface area (Å²) in [6, 6.07) is 11.3. The summed E-state index contributed by atoms with van der Waals surface area (Å²) in [5.41, 5.74) is 2.11. The van der Waals surface area contributed by atoms with Gasteiger partial charge in [0.25, 0.3) is 11.5 Å². The van der Waals surface area contributed by atoms with Crippen molar-refractivity contribution in [1.82, 2.24) is 30.0 Å². The maximum Gasteiger partial charge on any atom is 0.267 e. The summed E-state index contributed by atoms with van der Waals surface area (Å²) in [6.45, 7) is 8.04. The lowest BCUT2D eigenvalue weighted by atomic mass is 9.93. The second-order valence-electron chi connectivity index (χ2n) is 9.63. The second-order valence-corrected chi connectivity index (χ2v) is 9.63. The fraction of sp³-hybridized carbons (Fsp3) is 0.370. The van der Waals surface area contributed by atoms with Gasteiger partial charge < -0.3 is 25.8 Å². The third-order valence-corrected chi connectivity index (χ3v) is 6.92. The van der Waals surface area contributed by atoms with Gasteiger partial charge in [0.15, 0.2) is 5.82 Å². The Morgan fingerprint density at radius 2 is 1.84 bits per heavy atom. The molecule has 3 heterocycles. The molecule has 11 nitrogen and oxygen atoms in total. The van der Waals surface area contributed by atoms with Crippen LogP contribution in [0, 0.1) is 0 Å². The van der Waals surface area contributed by atoms with Gasteiger partial charge in [-0.2, -0.15) is 10.1 Å². The number of carbonyl (C=O) groups is 1. The van der Waals surface area contributed by atoms with Crippen LogP contribution in [0.1, 0.15) is 35.7 Å². The predicted octanol–water partition coefficient (Wildman–Crippen LogP) is 2.91. The van der Waals surface area contributed by atoms with Gasteiger partial charge >= 0.3 is 0 Å². The van der Waals surface area contributed by atoms with Gasteiger partial charge in [-0.1, -0.05) is 6.08 Å². The molecule has 0 atom stereocenters. The molecule has 1 amide bonds. The number of nitrogens with one attached hydrogen (secondary N) is 3. The lowest BCUT2D eigenvalue weighted by molar-refractivity contribution is 0.0958. The molecular weight excluding hydrogens is 482 g/mol. The third-order valence-electron chi connectivity index (χ3n) is 6.92. The number of carbonyl (C=O) groups excluding carboxylic acids is 1. The first-order valence-corrected chi connectivity index (χ1v) is 12.9. The zero-order chi connectivity index (χ0) is 26.5. The van der Waals surface area contributed by atoms with Crippen molar-refractivity contribution in [3.05, 3.63) is 71.2 Å². The van der Waals surface area contributed by atoms with Crippen LogP contribution in [0.2, 0.25) is 0 Å². The summed E-state index contributed by atoms with van der Waals surface area (Å²) < 4.78 is 1.51. The normalized spacial score (nSPS) is 16.0. The fourth-order valence-electron chi connectivity index (χ4n) is 4.42. The molecule has 0 radical (unpaired) electrons. The molecule has 3 N–H and O–H groups in total. The third kappa shape index (κ3) is 5.83. The number of piperazine rings is 1. The molecule has 38 heavy (non-hydrogen) atoms. The van der Waals surface area contributed by atoms with E-state index in [0.717, 1.165) is 51.1 Å². The summed E-state index contributed by atoms with van der Waals surface area (Å²) in [7, 11) is 2.14. The highest BCUT2D eigenvalue weighted by Gasteiger charge is 2.22. The van der Waals surface area contributed by atoms with Gasteiger partial charge in [0.1, 0.15) is 11.4 Å². The van der Waals surface area contributed by atoms with Crippen LogP contribution in [0.4, 0.5) is 29.0 Å². The molecule has 2 aliphatic rings. The van der Waals surface area contributed by atoms with Crippen LogP contribution in [0.15, 0.2) is 60.0 Å². The van der Waals surface area contributed by atoms with Gasteiger partial charge in [-0.3, -0.25) is 9.59 Å². The highest BCUT2D eigenvalue weighted by atomic mass is 16.1. The van der Waals surface area contributed by atoms with E-state index in [1.807, 2.05) is 12.1 Å². The van der Waals surface area contributed by atoms with Crippen LogP contribution in [-0.4, -0.2) is 70.3 Å². The Hall–Kier alpha value is -4.25. The van der Waals surface area contributed by atoms with Crippen molar-refractivity contribution in [2.45, 2.75) is 25.3 Å². The van der Waals surface area contributed by atoms with Crippen molar-refractivity contribution >= 4 is 34.9 Å². The molecule has 0 bridgehead atoms. The Balaban J connectivity index is 1.37. The van der Waals surface area contributed by atoms with E-state index in [1.54, 1.807) is 12.1 Å². The summed E-state index contributed by atoms with van der Waals surface area (Å²) in [5, 5.41) is 13.6. The standard InChI is InChI=1S/C27H33N9O2/c1-3-13-28-26(38)22-18-29-27(30-19-7-9-20(10-8-19)35-16-14-34(2)15-17-35)32-25(22)31-23-11-12-24(37)36(33-23)21-5-4-6-21/h3,7-12,18,21H,1,4-6,13-17H2,2H3,(H,28,38)(H2,29,30,31,32,33). The number of rotatable bonds is 9. The number of benzene rings is 1. The van der Waals surface area contributed by atoms with Crippen molar-refractivity contribution in [3.8, 4) is 0 Å². The van der Waals surface area contributed by atoms with E-state index < -0.39 is 0 Å². The van der Waals surface area contributed by atoms with E-state index in [2.05, 4.69) is 66.6 Å². The van der Waals surface area contributed by atoms with E-state index >= 15 is 0 Å². The number of likely N-dealkylation sites (N-methyl/N-ethyl adjacent to an activating group) is 1. The average molecular weight is 516 g/mol. The van der Waals surface area contributed by atoms with E-state index in [-0.39, 0.29) is 28.9 Å². The summed E-state index contributed by atoms with van der Waals surface area (Å²) >= 11 is 0. The lowest BCUT2D eigenvalue weighted by Crippen LogP contribution is -2.44. The quantitative estimate of drug-likeness (QED) is 0.370. The zero-order valence-corrected chi connectivity index (χ0v) is 21.6. The van der Waals surface area contributed by atoms with Gasteiger partial charge in [-0.25, -0.2) is 9.67 Å². The molecule has 5 rings (SSSR count). The molecule has 1 saturated heterocycles. The van der Waals surface area contributed by atoms with Crippen molar-refractivity contribution in [1.29, 1.82) is 0 Å². The van der Waals surface area contributed by atoms with E-state index in [0.29, 0.717) is 18.3 Å². The predicted molar refractivity (Wildman–Crippen MR) is 149 cm³/mol. The van der Waals surface area contributed by atoms with Gasteiger partial charge in [-0.15, -0.1) is 6.58 Å². The van der Waals surface area contributed by atoms with Gasteiger partial charge in [0, 0.05) is 56.4 Å². The van der Waals surface area contributed by atoms with Crippen LogP contribution in [-0.2, 0) is 0 Å². The Morgan fingerprint density at radius 1 is 1.08 bits per heavy atom. The highest BCUT2D eigenvalue weighted by molar-refractivity contribution is 5.99.